The lowest BCUT2D eigenvalue weighted by Crippen LogP contribution is -2.46. The van der Waals surface area contributed by atoms with E-state index in [9.17, 15) is 8.42 Å². The second-order valence-corrected chi connectivity index (χ2v) is 10.4. The molecule has 3 rings (SSSR count). The molecule has 0 radical (unpaired) electrons. The largest absolute Gasteiger partial charge is 0.379 e. The van der Waals surface area contributed by atoms with Gasteiger partial charge in [0.05, 0.1) is 18.1 Å². The Hall–Kier alpha value is -1.03. The summed E-state index contributed by atoms with van der Waals surface area (Å²) in [5.41, 5.74) is 0. The third-order valence-corrected chi connectivity index (χ3v) is 8.48. The van der Waals surface area contributed by atoms with Gasteiger partial charge < -0.3 is 4.74 Å². The van der Waals surface area contributed by atoms with Crippen molar-refractivity contribution in [3.63, 3.8) is 0 Å². The lowest BCUT2D eigenvalue weighted by molar-refractivity contribution is 0.0357. The minimum absolute atomic E-state index is 0.178. The van der Waals surface area contributed by atoms with Gasteiger partial charge in [0.1, 0.15) is 0 Å². The van der Waals surface area contributed by atoms with Crippen molar-refractivity contribution in [2.45, 2.75) is 27.7 Å². The maximum atomic E-state index is 13.3. The van der Waals surface area contributed by atoms with Crippen LogP contribution in [-0.4, -0.2) is 68.8 Å². The maximum absolute atomic E-state index is 13.3. The molecule has 1 atom stereocenters. The SMILES string of the molecule is C[C@H](CS)N(CCN1CCOCC1)S(=O)(=O)c1ccc(Sc2ccccc2)cc1. The van der Waals surface area contributed by atoms with E-state index in [0.29, 0.717) is 37.0 Å². The van der Waals surface area contributed by atoms with E-state index in [1.165, 1.54) is 0 Å². The molecule has 1 aliphatic heterocycles. The zero-order valence-electron chi connectivity index (χ0n) is 16.6. The standard InChI is InChI=1S/C21H28N2O3S3/c1-18(17-27)23(12-11-22-13-15-26-16-14-22)29(24,25)21-9-7-20(8-10-21)28-19-5-3-2-4-6-19/h2-10,18,27H,11-17H2,1H3/t18-/m1/s1. The molecule has 0 bridgehead atoms. The highest BCUT2D eigenvalue weighted by Crippen LogP contribution is 2.29. The van der Waals surface area contributed by atoms with Crippen molar-refractivity contribution in [2.75, 3.05) is 45.1 Å². The van der Waals surface area contributed by atoms with E-state index in [-0.39, 0.29) is 6.04 Å². The topological polar surface area (TPSA) is 49.9 Å². The average molecular weight is 453 g/mol. The quantitative estimate of drug-likeness (QED) is 0.591. The van der Waals surface area contributed by atoms with Gasteiger partial charge in [0.25, 0.3) is 0 Å². The summed E-state index contributed by atoms with van der Waals surface area (Å²) in [6.45, 7) is 6.14. The molecular weight excluding hydrogens is 424 g/mol. The van der Waals surface area contributed by atoms with Crippen LogP contribution in [0.1, 0.15) is 6.92 Å². The van der Waals surface area contributed by atoms with Gasteiger partial charge in [-0.05, 0) is 43.3 Å². The number of sulfonamides is 1. The Morgan fingerprint density at radius 2 is 1.69 bits per heavy atom. The molecule has 0 amide bonds. The fraction of sp³-hybridized carbons (Fsp3) is 0.429. The number of benzene rings is 2. The van der Waals surface area contributed by atoms with Gasteiger partial charge >= 0.3 is 0 Å². The number of nitrogens with zero attached hydrogens (tertiary/aromatic N) is 2. The van der Waals surface area contributed by atoms with Crippen molar-refractivity contribution in [3.8, 4) is 0 Å². The molecule has 2 aromatic rings. The summed E-state index contributed by atoms with van der Waals surface area (Å²) in [5, 5.41) is 0. The summed E-state index contributed by atoms with van der Waals surface area (Å²) in [7, 11) is -3.59. The summed E-state index contributed by atoms with van der Waals surface area (Å²) in [4.78, 5) is 4.71. The summed E-state index contributed by atoms with van der Waals surface area (Å²) in [6.07, 6.45) is 0. The third kappa shape index (κ3) is 6.23. The van der Waals surface area contributed by atoms with E-state index in [4.69, 9.17) is 4.74 Å². The molecule has 0 spiro atoms. The lowest BCUT2D eigenvalue weighted by Gasteiger charge is -2.32. The first-order valence-electron chi connectivity index (χ1n) is 9.76. The van der Waals surface area contributed by atoms with Crippen LogP contribution in [0.2, 0.25) is 0 Å². The summed E-state index contributed by atoms with van der Waals surface area (Å²) in [5.74, 6) is 0.476. The molecule has 1 aliphatic rings. The first-order valence-corrected chi connectivity index (χ1v) is 12.7. The Balaban J connectivity index is 1.72. The number of thiol groups is 1. The smallest absolute Gasteiger partial charge is 0.243 e. The second-order valence-electron chi connectivity index (χ2n) is 6.99. The Morgan fingerprint density at radius 3 is 2.31 bits per heavy atom. The molecule has 0 aromatic heterocycles. The molecule has 29 heavy (non-hydrogen) atoms. The van der Waals surface area contributed by atoms with Gasteiger partial charge in [0.2, 0.25) is 10.0 Å². The Labute approximate surface area is 183 Å². The van der Waals surface area contributed by atoms with Gasteiger partial charge in [-0.15, -0.1) is 0 Å². The normalized spacial score (nSPS) is 16.8. The molecule has 2 aromatic carbocycles. The zero-order valence-corrected chi connectivity index (χ0v) is 19.1. The molecule has 0 unspecified atom stereocenters. The summed E-state index contributed by atoms with van der Waals surface area (Å²) < 4.78 is 33.6. The molecule has 5 nitrogen and oxygen atoms in total. The van der Waals surface area contributed by atoms with E-state index >= 15 is 0 Å². The van der Waals surface area contributed by atoms with E-state index in [1.54, 1.807) is 28.2 Å². The Morgan fingerprint density at radius 1 is 1.07 bits per heavy atom. The summed E-state index contributed by atoms with van der Waals surface area (Å²) in [6, 6.07) is 17.0. The van der Waals surface area contributed by atoms with Crippen molar-refractivity contribution in [1.29, 1.82) is 0 Å². The predicted molar refractivity (Wildman–Crippen MR) is 121 cm³/mol. The lowest BCUT2D eigenvalue weighted by atomic mass is 10.3. The molecule has 0 aliphatic carbocycles. The Kier molecular flexibility index (Phi) is 8.46. The van der Waals surface area contributed by atoms with Crippen molar-refractivity contribution < 1.29 is 13.2 Å². The van der Waals surface area contributed by atoms with E-state index in [2.05, 4.69) is 17.5 Å². The van der Waals surface area contributed by atoms with E-state index in [0.717, 1.165) is 22.9 Å². The Bertz CT molecular complexity index is 854. The van der Waals surface area contributed by atoms with Crippen LogP contribution >= 0.6 is 24.4 Å². The number of morpholine rings is 1. The molecule has 0 saturated carbocycles. The van der Waals surface area contributed by atoms with Gasteiger partial charge in [0.15, 0.2) is 0 Å². The predicted octanol–water partition coefficient (Wildman–Crippen LogP) is 3.48. The van der Waals surface area contributed by atoms with E-state index < -0.39 is 10.0 Å². The van der Waals surface area contributed by atoms with Crippen LogP contribution in [-0.2, 0) is 14.8 Å². The zero-order chi connectivity index (χ0) is 20.7. The molecule has 1 fully saturated rings. The first kappa shape index (κ1) is 22.7. The van der Waals surface area contributed by atoms with Crippen LogP contribution in [0.5, 0.6) is 0 Å². The minimum atomic E-state index is -3.59. The van der Waals surface area contributed by atoms with Gasteiger partial charge in [-0.1, -0.05) is 30.0 Å². The molecule has 158 valence electrons. The van der Waals surface area contributed by atoms with Gasteiger partial charge in [0, 0.05) is 47.8 Å². The number of ether oxygens (including phenoxy) is 1. The fourth-order valence-electron chi connectivity index (χ4n) is 3.17. The third-order valence-electron chi connectivity index (χ3n) is 4.91. The number of hydrogen-bond acceptors (Lipinski definition) is 6. The highest BCUT2D eigenvalue weighted by Gasteiger charge is 2.29. The average Bonchev–Trinajstić information content (AvgIpc) is 2.75. The van der Waals surface area contributed by atoms with Crippen LogP contribution in [0.15, 0.2) is 69.3 Å². The highest BCUT2D eigenvalue weighted by molar-refractivity contribution is 7.99. The van der Waals surface area contributed by atoms with Crippen LogP contribution < -0.4 is 0 Å². The molecular formula is C21H28N2O3S3. The van der Waals surface area contributed by atoms with Gasteiger partial charge in [-0.25, -0.2) is 8.42 Å². The molecule has 1 heterocycles. The van der Waals surface area contributed by atoms with Gasteiger partial charge in [-0.2, -0.15) is 16.9 Å². The minimum Gasteiger partial charge on any atom is -0.379 e. The van der Waals surface area contributed by atoms with Crippen molar-refractivity contribution in [3.05, 3.63) is 54.6 Å². The molecule has 0 N–H and O–H groups in total. The molecule has 1 saturated heterocycles. The highest BCUT2D eigenvalue weighted by atomic mass is 32.2. The van der Waals surface area contributed by atoms with Crippen LogP contribution in [0, 0.1) is 0 Å². The maximum Gasteiger partial charge on any atom is 0.243 e. The van der Waals surface area contributed by atoms with Crippen LogP contribution in [0.3, 0.4) is 0 Å². The van der Waals surface area contributed by atoms with E-state index in [1.807, 2.05) is 49.4 Å². The fourth-order valence-corrected chi connectivity index (χ4v) is 5.94. The summed E-state index contributed by atoms with van der Waals surface area (Å²) >= 11 is 5.96. The van der Waals surface area contributed by atoms with Crippen LogP contribution in [0.4, 0.5) is 0 Å². The number of hydrogen-bond donors (Lipinski definition) is 1. The van der Waals surface area contributed by atoms with Crippen molar-refractivity contribution in [2.24, 2.45) is 0 Å². The second kappa shape index (κ2) is 10.8. The first-order chi connectivity index (χ1) is 14.0. The van der Waals surface area contributed by atoms with Crippen molar-refractivity contribution in [1.82, 2.24) is 9.21 Å². The van der Waals surface area contributed by atoms with Crippen molar-refractivity contribution >= 4 is 34.4 Å². The number of rotatable bonds is 9. The molecule has 8 heteroatoms. The monoisotopic (exact) mass is 452 g/mol. The van der Waals surface area contributed by atoms with Gasteiger partial charge in [-0.3, -0.25) is 4.90 Å². The van der Waals surface area contributed by atoms with Crippen LogP contribution in [0.25, 0.3) is 0 Å².